The van der Waals surface area contributed by atoms with Crippen molar-refractivity contribution >= 4 is 17.4 Å². The van der Waals surface area contributed by atoms with Crippen molar-refractivity contribution in [2.45, 2.75) is 4.90 Å². The molecular weight excluding hydrogens is 250 g/mol. The zero-order chi connectivity index (χ0) is 13.1. The Balaban J connectivity index is 1.94. The molecule has 2 N–H and O–H groups in total. The van der Waals surface area contributed by atoms with Gasteiger partial charge in [0.1, 0.15) is 0 Å². The number of ether oxygens (including phenoxy) is 3. The van der Waals surface area contributed by atoms with Crippen LogP contribution in [0.2, 0.25) is 0 Å². The molecule has 5 heteroatoms. The Morgan fingerprint density at radius 3 is 2.39 bits per heavy atom. The smallest absolute Gasteiger partial charge is 0.0701 e. The largest absolute Gasteiger partial charge is 0.398 e. The number of hydrogen-bond donors (Lipinski definition) is 1. The first-order valence-corrected chi connectivity index (χ1v) is 6.95. The zero-order valence-corrected chi connectivity index (χ0v) is 11.6. The van der Waals surface area contributed by atoms with Gasteiger partial charge in [0.25, 0.3) is 0 Å². The molecule has 0 saturated carbocycles. The molecule has 0 heterocycles. The van der Waals surface area contributed by atoms with E-state index in [-0.39, 0.29) is 0 Å². The third kappa shape index (κ3) is 6.86. The Morgan fingerprint density at radius 2 is 1.67 bits per heavy atom. The molecule has 1 rings (SSSR count). The van der Waals surface area contributed by atoms with Gasteiger partial charge >= 0.3 is 0 Å². The summed E-state index contributed by atoms with van der Waals surface area (Å²) in [5, 5.41) is 0. The van der Waals surface area contributed by atoms with Crippen molar-refractivity contribution in [2.24, 2.45) is 0 Å². The Hall–Kier alpha value is -0.750. The highest BCUT2D eigenvalue weighted by Crippen LogP contribution is 2.23. The van der Waals surface area contributed by atoms with E-state index in [1.807, 2.05) is 24.3 Å². The summed E-state index contributed by atoms with van der Waals surface area (Å²) >= 11 is 1.71. The Morgan fingerprint density at radius 1 is 1.00 bits per heavy atom. The summed E-state index contributed by atoms with van der Waals surface area (Å²) in [5.41, 5.74) is 6.66. The molecule has 102 valence electrons. The van der Waals surface area contributed by atoms with Gasteiger partial charge in [-0.05, 0) is 12.1 Å². The Kier molecular flexibility index (Phi) is 8.67. The number of nitrogen functional groups attached to an aromatic ring is 1. The summed E-state index contributed by atoms with van der Waals surface area (Å²) in [6.45, 7) is 3.18. The molecule has 0 aliphatic heterocycles. The van der Waals surface area contributed by atoms with Gasteiger partial charge in [-0.15, -0.1) is 11.8 Å². The van der Waals surface area contributed by atoms with Gasteiger partial charge in [0.15, 0.2) is 0 Å². The fourth-order valence-electron chi connectivity index (χ4n) is 1.29. The lowest BCUT2D eigenvalue weighted by atomic mass is 10.3. The van der Waals surface area contributed by atoms with Crippen molar-refractivity contribution in [3.8, 4) is 0 Å². The second-order valence-electron chi connectivity index (χ2n) is 3.60. The van der Waals surface area contributed by atoms with Gasteiger partial charge < -0.3 is 19.9 Å². The van der Waals surface area contributed by atoms with Crippen LogP contribution in [-0.2, 0) is 14.2 Å². The zero-order valence-electron chi connectivity index (χ0n) is 10.8. The molecule has 0 atom stereocenters. The Labute approximate surface area is 113 Å². The van der Waals surface area contributed by atoms with Crippen molar-refractivity contribution in [3.05, 3.63) is 24.3 Å². The van der Waals surface area contributed by atoms with E-state index >= 15 is 0 Å². The number of methoxy groups -OCH3 is 1. The summed E-state index contributed by atoms with van der Waals surface area (Å²) in [5.74, 6) is 0.895. The van der Waals surface area contributed by atoms with Gasteiger partial charge in [0.05, 0.1) is 33.0 Å². The molecule has 0 radical (unpaired) electrons. The van der Waals surface area contributed by atoms with E-state index in [1.165, 1.54) is 0 Å². The van der Waals surface area contributed by atoms with Gasteiger partial charge in [0, 0.05) is 23.4 Å². The number of hydrogen-bond acceptors (Lipinski definition) is 5. The first-order chi connectivity index (χ1) is 8.84. The maximum absolute atomic E-state index is 5.84. The number of rotatable bonds is 10. The predicted molar refractivity (Wildman–Crippen MR) is 75.1 cm³/mol. The van der Waals surface area contributed by atoms with Crippen molar-refractivity contribution < 1.29 is 14.2 Å². The normalized spacial score (nSPS) is 10.7. The minimum absolute atomic E-state index is 0.613. The lowest BCUT2D eigenvalue weighted by Gasteiger charge is -2.06. The quantitative estimate of drug-likeness (QED) is 0.401. The highest BCUT2D eigenvalue weighted by molar-refractivity contribution is 7.99. The fraction of sp³-hybridized carbons (Fsp3) is 0.538. The fourth-order valence-corrected chi connectivity index (χ4v) is 2.12. The summed E-state index contributed by atoms with van der Waals surface area (Å²) in [4.78, 5) is 1.11. The molecule has 0 saturated heterocycles. The van der Waals surface area contributed by atoms with Gasteiger partial charge in [-0.25, -0.2) is 0 Å². The number of thioether (sulfide) groups is 1. The molecular formula is C13H21NO3S. The lowest BCUT2D eigenvalue weighted by molar-refractivity contribution is 0.0286. The molecule has 4 nitrogen and oxygen atoms in total. The molecule has 1 aromatic rings. The first kappa shape index (κ1) is 15.3. The number of para-hydroxylation sites is 1. The van der Waals surface area contributed by atoms with Crippen LogP contribution in [0.25, 0.3) is 0 Å². The summed E-state index contributed by atoms with van der Waals surface area (Å²) in [6.07, 6.45) is 0. The molecule has 1 aromatic carbocycles. The Bertz CT molecular complexity index is 323. The van der Waals surface area contributed by atoms with Crippen LogP contribution in [0.4, 0.5) is 5.69 Å². The minimum atomic E-state index is 0.613. The lowest BCUT2D eigenvalue weighted by Crippen LogP contribution is -2.09. The third-order valence-corrected chi connectivity index (χ3v) is 3.26. The summed E-state index contributed by atoms with van der Waals surface area (Å²) in [7, 11) is 1.66. The van der Waals surface area contributed by atoms with E-state index in [1.54, 1.807) is 18.9 Å². The molecule has 0 spiro atoms. The topological polar surface area (TPSA) is 53.7 Å². The highest BCUT2D eigenvalue weighted by atomic mass is 32.2. The van der Waals surface area contributed by atoms with Crippen LogP contribution in [0.15, 0.2) is 29.2 Å². The number of anilines is 1. The van der Waals surface area contributed by atoms with Crippen molar-refractivity contribution in [2.75, 3.05) is 51.6 Å². The van der Waals surface area contributed by atoms with Crippen LogP contribution < -0.4 is 5.73 Å². The van der Waals surface area contributed by atoms with Crippen molar-refractivity contribution in [1.29, 1.82) is 0 Å². The van der Waals surface area contributed by atoms with Gasteiger partial charge in [-0.2, -0.15) is 0 Å². The van der Waals surface area contributed by atoms with Crippen LogP contribution in [0.3, 0.4) is 0 Å². The molecule has 18 heavy (non-hydrogen) atoms. The van der Waals surface area contributed by atoms with Crippen LogP contribution in [0, 0.1) is 0 Å². The second kappa shape index (κ2) is 10.2. The molecule has 0 aromatic heterocycles. The van der Waals surface area contributed by atoms with E-state index in [2.05, 4.69) is 0 Å². The average Bonchev–Trinajstić information content (AvgIpc) is 2.39. The van der Waals surface area contributed by atoms with Gasteiger partial charge in [-0.3, -0.25) is 0 Å². The number of nitrogens with two attached hydrogens (primary N) is 1. The second-order valence-corrected chi connectivity index (χ2v) is 4.74. The van der Waals surface area contributed by atoms with Crippen molar-refractivity contribution in [3.63, 3.8) is 0 Å². The average molecular weight is 271 g/mol. The maximum atomic E-state index is 5.84. The molecule has 0 fully saturated rings. The monoisotopic (exact) mass is 271 g/mol. The van der Waals surface area contributed by atoms with Gasteiger partial charge in [-0.1, -0.05) is 12.1 Å². The van der Waals surface area contributed by atoms with Crippen LogP contribution in [0.5, 0.6) is 0 Å². The van der Waals surface area contributed by atoms with Crippen LogP contribution in [-0.4, -0.2) is 45.9 Å². The SMILES string of the molecule is COCCOCCOCCSc1ccccc1N. The van der Waals surface area contributed by atoms with E-state index in [0.29, 0.717) is 33.0 Å². The van der Waals surface area contributed by atoms with Gasteiger partial charge in [0.2, 0.25) is 0 Å². The van der Waals surface area contributed by atoms with E-state index in [4.69, 9.17) is 19.9 Å². The van der Waals surface area contributed by atoms with Crippen molar-refractivity contribution in [1.82, 2.24) is 0 Å². The molecule has 0 bridgehead atoms. The maximum Gasteiger partial charge on any atom is 0.0701 e. The van der Waals surface area contributed by atoms with Crippen LogP contribution >= 0.6 is 11.8 Å². The highest BCUT2D eigenvalue weighted by Gasteiger charge is 1.98. The predicted octanol–water partition coefficient (Wildman–Crippen LogP) is 2.04. The summed E-state index contributed by atoms with van der Waals surface area (Å²) in [6, 6.07) is 7.86. The first-order valence-electron chi connectivity index (χ1n) is 5.96. The minimum Gasteiger partial charge on any atom is -0.398 e. The standard InChI is InChI=1S/C13H21NO3S/c1-15-6-7-16-8-9-17-10-11-18-13-5-3-2-4-12(13)14/h2-5H,6-11,14H2,1H3. The molecule has 0 aliphatic rings. The number of benzene rings is 1. The van der Waals surface area contributed by atoms with E-state index in [9.17, 15) is 0 Å². The molecule has 0 amide bonds. The van der Waals surface area contributed by atoms with E-state index in [0.717, 1.165) is 16.3 Å². The molecule has 0 aliphatic carbocycles. The summed E-state index contributed by atoms with van der Waals surface area (Å²) < 4.78 is 15.6. The van der Waals surface area contributed by atoms with Crippen LogP contribution in [0.1, 0.15) is 0 Å². The third-order valence-electron chi connectivity index (χ3n) is 2.21. The molecule has 0 unspecified atom stereocenters. The van der Waals surface area contributed by atoms with E-state index < -0.39 is 0 Å².